The smallest absolute Gasteiger partial charge is 0.309 e. The minimum absolute atomic E-state index is 0.0895. The summed E-state index contributed by atoms with van der Waals surface area (Å²) >= 11 is 5.78. The number of carboxylic acid groups (broad SMARTS) is 1. The summed E-state index contributed by atoms with van der Waals surface area (Å²) in [5.41, 5.74) is 0.821. The van der Waals surface area contributed by atoms with Crippen LogP contribution in [0.3, 0.4) is 0 Å². The predicted molar refractivity (Wildman–Crippen MR) is 60.3 cm³/mol. The molecule has 0 atom stereocenters. The van der Waals surface area contributed by atoms with Crippen molar-refractivity contribution in [2.75, 3.05) is 0 Å². The van der Waals surface area contributed by atoms with Gasteiger partial charge in [-0.25, -0.2) is 9.37 Å². The highest BCUT2D eigenvalue weighted by atomic mass is 35.5. The van der Waals surface area contributed by atoms with E-state index in [-0.39, 0.29) is 11.6 Å². The fourth-order valence-corrected chi connectivity index (χ4v) is 1.63. The third-order valence-electron chi connectivity index (χ3n) is 2.15. The van der Waals surface area contributed by atoms with Crippen LogP contribution in [0.1, 0.15) is 5.69 Å². The van der Waals surface area contributed by atoms with Gasteiger partial charge in [0, 0.05) is 5.56 Å². The molecule has 4 nitrogen and oxygen atoms in total. The van der Waals surface area contributed by atoms with E-state index in [0.717, 1.165) is 0 Å². The number of rotatable bonds is 3. The number of halogens is 2. The summed E-state index contributed by atoms with van der Waals surface area (Å²) in [5, 5.41) is 8.74. The van der Waals surface area contributed by atoms with Crippen LogP contribution >= 0.6 is 11.6 Å². The molecule has 0 aliphatic carbocycles. The van der Waals surface area contributed by atoms with E-state index < -0.39 is 11.8 Å². The Labute approximate surface area is 101 Å². The van der Waals surface area contributed by atoms with Crippen LogP contribution < -0.4 is 0 Å². The number of aromatic nitrogens is 2. The molecule has 0 saturated heterocycles. The number of benzene rings is 1. The molecule has 2 N–H and O–H groups in total. The molecule has 0 spiro atoms. The van der Waals surface area contributed by atoms with Crippen molar-refractivity contribution in [2.24, 2.45) is 0 Å². The van der Waals surface area contributed by atoms with Gasteiger partial charge in [0.25, 0.3) is 0 Å². The monoisotopic (exact) mass is 254 g/mol. The van der Waals surface area contributed by atoms with Crippen LogP contribution in [0.25, 0.3) is 11.4 Å². The number of imidazole rings is 1. The molecule has 2 aromatic rings. The molecule has 2 rings (SSSR count). The first-order valence-electron chi connectivity index (χ1n) is 4.78. The minimum Gasteiger partial charge on any atom is -0.481 e. The molecule has 6 heteroatoms. The molecule has 1 aromatic heterocycles. The number of hydrogen-bond donors (Lipinski definition) is 2. The molecule has 0 bridgehead atoms. The van der Waals surface area contributed by atoms with Gasteiger partial charge < -0.3 is 10.1 Å². The van der Waals surface area contributed by atoms with Gasteiger partial charge in [-0.1, -0.05) is 23.7 Å². The largest absolute Gasteiger partial charge is 0.481 e. The van der Waals surface area contributed by atoms with Crippen LogP contribution in [-0.2, 0) is 11.2 Å². The van der Waals surface area contributed by atoms with E-state index in [1.165, 1.54) is 18.2 Å². The van der Waals surface area contributed by atoms with Gasteiger partial charge in [0.2, 0.25) is 0 Å². The van der Waals surface area contributed by atoms with Crippen LogP contribution in [0.5, 0.6) is 0 Å². The number of H-pyrrole nitrogens is 1. The maximum atomic E-state index is 13.0. The van der Waals surface area contributed by atoms with Crippen LogP contribution in [0, 0.1) is 5.82 Å². The normalized spacial score (nSPS) is 10.5. The summed E-state index contributed by atoms with van der Waals surface area (Å²) in [6, 6.07) is 5.80. The van der Waals surface area contributed by atoms with Gasteiger partial charge >= 0.3 is 5.97 Å². The number of nitrogens with one attached hydrogen (secondary N) is 1. The minimum atomic E-state index is -1.01. The zero-order valence-electron chi connectivity index (χ0n) is 8.58. The SMILES string of the molecule is O=C(O)Cc1[nH]c(-c2cccc(F)c2)nc1Cl. The van der Waals surface area contributed by atoms with Gasteiger partial charge in [-0.2, -0.15) is 0 Å². The Morgan fingerprint density at radius 2 is 2.29 bits per heavy atom. The highest BCUT2D eigenvalue weighted by Crippen LogP contribution is 2.22. The van der Waals surface area contributed by atoms with Gasteiger partial charge in [0.1, 0.15) is 11.6 Å². The van der Waals surface area contributed by atoms with Crippen molar-refractivity contribution in [1.82, 2.24) is 9.97 Å². The van der Waals surface area contributed by atoms with Gasteiger partial charge in [-0.05, 0) is 12.1 Å². The van der Waals surface area contributed by atoms with E-state index in [1.807, 2.05) is 0 Å². The number of carbonyl (C=O) groups is 1. The number of aromatic amines is 1. The zero-order valence-corrected chi connectivity index (χ0v) is 9.33. The van der Waals surface area contributed by atoms with Crippen molar-refractivity contribution in [3.8, 4) is 11.4 Å². The Kier molecular flexibility index (Phi) is 3.10. The van der Waals surface area contributed by atoms with Crippen molar-refractivity contribution >= 4 is 17.6 Å². The van der Waals surface area contributed by atoms with Crippen LogP contribution in [0.4, 0.5) is 4.39 Å². The molecule has 1 aromatic carbocycles. The summed E-state index contributed by atoms with van der Waals surface area (Å²) in [4.78, 5) is 17.3. The number of nitrogens with zero attached hydrogens (tertiary/aromatic N) is 1. The maximum absolute atomic E-state index is 13.0. The predicted octanol–water partition coefficient (Wildman–Crippen LogP) is 2.50. The van der Waals surface area contributed by atoms with Gasteiger partial charge in [-0.15, -0.1) is 0 Å². The van der Waals surface area contributed by atoms with Crippen molar-refractivity contribution in [1.29, 1.82) is 0 Å². The first-order valence-corrected chi connectivity index (χ1v) is 5.16. The number of carboxylic acids is 1. The third-order valence-corrected chi connectivity index (χ3v) is 2.47. The molecule has 0 unspecified atom stereocenters. The topological polar surface area (TPSA) is 66.0 Å². The fraction of sp³-hybridized carbons (Fsp3) is 0.0909. The van der Waals surface area contributed by atoms with Crippen LogP contribution in [0.15, 0.2) is 24.3 Å². The van der Waals surface area contributed by atoms with Gasteiger partial charge in [-0.3, -0.25) is 4.79 Å². The average Bonchev–Trinajstić information content (AvgIpc) is 2.59. The molecular weight excluding hydrogens is 247 g/mol. The zero-order chi connectivity index (χ0) is 12.4. The summed E-state index contributed by atoms with van der Waals surface area (Å²) in [7, 11) is 0. The van der Waals surface area contributed by atoms with Crippen molar-refractivity contribution in [3.05, 3.63) is 40.9 Å². The summed E-state index contributed by atoms with van der Waals surface area (Å²) in [6.07, 6.45) is -0.249. The lowest BCUT2D eigenvalue weighted by molar-refractivity contribution is -0.136. The van der Waals surface area contributed by atoms with E-state index >= 15 is 0 Å². The standard InChI is InChI=1S/C11H8ClFN2O2/c12-10-8(5-9(16)17)14-11(15-10)6-2-1-3-7(13)4-6/h1-4H,5H2,(H,14,15)(H,16,17). The first-order chi connectivity index (χ1) is 8.06. The van der Waals surface area contributed by atoms with Crippen molar-refractivity contribution < 1.29 is 14.3 Å². The molecule has 0 saturated carbocycles. The molecule has 88 valence electrons. The summed E-state index contributed by atoms with van der Waals surface area (Å²) < 4.78 is 13.0. The quantitative estimate of drug-likeness (QED) is 0.884. The molecule has 0 aliphatic heterocycles. The lowest BCUT2D eigenvalue weighted by Crippen LogP contribution is -2.00. The van der Waals surface area contributed by atoms with Crippen molar-refractivity contribution in [3.63, 3.8) is 0 Å². The Morgan fingerprint density at radius 1 is 1.53 bits per heavy atom. The molecule has 17 heavy (non-hydrogen) atoms. The third kappa shape index (κ3) is 2.62. The summed E-state index contributed by atoms with van der Waals surface area (Å²) in [6.45, 7) is 0. The Morgan fingerprint density at radius 3 is 2.94 bits per heavy atom. The van der Waals surface area contributed by atoms with E-state index in [2.05, 4.69) is 9.97 Å². The number of hydrogen-bond acceptors (Lipinski definition) is 2. The van der Waals surface area contributed by atoms with E-state index in [9.17, 15) is 9.18 Å². The van der Waals surface area contributed by atoms with E-state index in [4.69, 9.17) is 16.7 Å². The Hall–Kier alpha value is -1.88. The molecule has 1 heterocycles. The molecule has 0 aliphatic rings. The van der Waals surface area contributed by atoms with E-state index in [0.29, 0.717) is 17.1 Å². The fourth-order valence-electron chi connectivity index (χ4n) is 1.43. The second kappa shape index (κ2) is 4.55. The summed E-state index contributed by atoms with van der Waals surface area (Å²) in [5.74, 6) is -1.05. The second-order valence-electron chi connectivity index (χ2n) is 3.44. The van der Waals surface area contributed by atoms with Gasteiger partial charge in [0.15, 0.2) is 5.15 Å². The first kappa shape index (κ1) is 11.6. The maximum Gasteiger partial charge on any atom is 0.309 e. The lowest BCUT2D eigenvalue weighted by Gasteiger charge is -1.96. The second-order valence-corrected chi connectivity index (χ2v) is 3.79. The van der Waals surface area contributed by atoms with Gasteiger partial charge in [0.05, 0.1) is 12.1 Å². The van der Waals surface area contributed by atoms with Crippen LogP contribution in [-0.4, -0.2) is 21.0 Å². The highest BCUT2D eigenvalue weighted by molar-refractivity contribution is 6.30. The highest BCUT2D eigenvalue weighted by Gasteiger charge is 2.12. The molecule has 0 amide bonds. The Bertz CT molecular complexity index is 568. The Balaban J connectivity index is 2.37. The lowest BCUT2D eigenvalue weighted by atomic mass is 10.2. The number of aliphatic carboxylic acids is 1. The molecule has 0 fully saturated rings. The molecular formula is C11H8ClFN2O2. The molecule has 0 radical (unpaired) electrons. The van der Waals surface area contributed by atoms with Crippen LogP contribution in [0.2, 0.25) is 5.15 Å². The van der Waals surface area contributed by atoms with E-state index in [1.54, 1.807) is 6.07 Å². The average molecular weight is 255 g/mol. The van der Waals surface area contributed by atoms with Crippen molar-refractivity contribution in [2.45, 2.75) is 6.42 Å².